The Kier molecular flexibility index (Phi) is 5.29. The zero-order valence-corrected chi connectivity index (χ0v) is 10.3. The summed E-state index contributed by atoms with van der Waals surface area (Å²) >= 11 is 5.92. The Balaban J connectivity index is 2.50. The maximum atomic E-state index is 11.8. The summed E-state index contributed by atoms with van der Waals surface area (Å²) in [5.74, 6) is -0.129. The van der Waals surface area contributed by atoms with Crippen LogP contribution in [0.1, 0.15) is 24.2 Å². The molecule has 0 saturated heterocycles. The standard InChI is InChI=1S/C12H17ClN2O/c1-3-14-9(2)8-15-12(16)10-6-4-5-7-11(10)13/h4-7,9,14H,3,8H2,1-2H3,(H,15,16)/t9-/m1/s1. The number of halogens is 1. The van der Waals surface area contributed by atoms with E-state index in [4.69, 9.17) is 11.6 Å². The van der Waals surface area contributed by atoms with Crippen LogP contribution < -0.4 is 10.6 Å². The Hall–Kier alpha value is -1.06. The van der Waals surface area contributed by atoms with Gasteiger partial charge in [-0.15, -0.1) is 0 Å². The first kappa shape index (κ1) is 13.0. The highest BCUT2D eigenvalue weighted by atomic mass is 35.5. The molecule has 0 aliphatic rings. The third-order valence-electron chi connectivity index (χ3n) is 2.24. The second-order valence-corrected chi connectivity index (χ2v) is 4.06. The molecule has 0 spiro atoms. The van der Waals surface area contributed by atoms with E-state index in [0.29, 0.717) is 17.1 Å². The summed E-state index contributed by atoms with van der Waals surface area (Å²) in [7, 11) is 0. The van der Waals surface area contributed by atoms with Crippen LogP contribution in [0.5, 0.6) is 0 Å². The minimum Gasteiger partial charge on any atom is -0.350 e. The van der Waals surface area contributed by atoms with Crippen LogP contribution in [-0.4, -0.2) is 25.0 Å². The van der Waals surface area contributed by atoms with E-state index < -0.39 is 0 Å². The summed E-state index contributed by atoms with van der Waals surface area (Å²) < 4.78 is 0. The number of carbonyl (C=O) groups is 1. The van der Waals surface area contributed by atoms with Crippen molar-refractivity contribution in [2.45, 2.75) is 19.9 Å². The van der Waals surface area contributed by atoms with Gasteiger partial charge >= 0.3 is 0 Å². The molecule has 0 heterocycles. The summed E-state index contributed by atoms with van der Waals surface area (Å²) in [6.07, 6.45) is 0. The van der Waals surface area contributed by atoms with Crippen LogP contribution in [0.4, 0.5) is 0 Å². The van der Waals surface area contributed by atoms with E-state index in [9.17, 15) is 4.79 Å². The average Bonchev–Trinajstić information content (AvgIpc) is 2.27. The van der Waals surface area contributed by atoms with Crippen molar-refractivity contribution in [3.63, 3.8) is 0 Å². The lowest BCUT2D eigenvalue weighted by Gasteiger charge is -2.13. The highest BCUT2D eigenvalue weighted by Crippen LogP contribution is 2.14. The molecular weight excluding hydrogens is 224 g/mol. The topological polar surface area (TPSA) is 41.1 Å². The van der Waals surface area contributed by atoms with Gasteiger partial charge in [0.1, 0.15) is 0 Å². The van der Waals surface area contributed by atoms with E-state index in [1.165, 1.54) is 0 Å². The van der Waals surface area contributed by atoms with Crippen LogP contribution >= 0.6 is 11.6 Å². The van der Waals surface area contributed by atoms with E-state index in [1.807, 2.05) is 13.8 Å². The second-order valence-electron chi connectivity index (χ2n) is 3.65. The van der Waals surface area contributed by atoms with E-state index in [0.717, 1.165) is 6.54 Å². The van der Waals surface area contributed by atoms with Crippen molar-refractivity contribution in [1.82, 2.24) is 10.6 Å². The Morgan fingerprint density at radius 3 is 2.75 bits per heavy atom. The molecule has 0 radical (unpaired) electrons. The van der Waals surface area contributed by atoms with Crippen molar-refractivity contribution in [3.05, 3.63) is 34.9 Å². The molecule has 16 heavy (non-hydrogen) atoms. The lowest BCUT2D eigenvalue weighted by molar-refractivity contribution is 0.0950. The van der Waals surface area contributed by atoms with Crippen LogP contribution in [0.2, 0.25) is 5.02 Å². The van der Waals surface area contributed by atoms with Gasteiger partial charge in [-0.1, -0.05) is 30.7 Å². The van der Waals surface area contributed by atoms with Gasteiger partial charge < -0.3 is 10.6 Å². The maximum absolute atomic E-state index is 11.8. The number of amides is 1. The minimum absolute atomic E-state index is 0.129. The first-order valence-corrected chi connectivity index (χ1v) is 5.79. The number of benzene rings is 1. The number of hydrogen-bond acceptors (Lipinski definition) is 2. The summed E-state index contributed by atoms with van der Waals surface area (Å²) in [5, 5.41) is 6.54. The van der Waals surface area contributed by atoms with Gasteiger partial charge in [-0.2, -0.15) is 0 Å². The summed E-state index contributed by atoms with van der Waals surface area (Å²) in [6, 6.07) is 7.30. The minimum atomic E-state index is -0.129. The molecule has 0 aliphatic carbocycles. The van der Waals surface area contributed by atoms with E-state index in [2.05, 4.69) is 10.6 Å². The number of nitrogens with one attached hydrogen (secondary N) is 2. The van der Waals surface area contributed by atoms with Gasteiger partial charge in [0, 0.05) is 12.6 Å². The number of hydrogen-bond donors (Lipinski definition) is 2. The molecule has 1 rings (SSSR count). The maximum Gasteiger partial charge on any atom is 0.252 e. The molecule has 3 nitrogen and oxygen atoms in total. The largest absolute Gasteiger partial charge is 0.350 e. The van der Waals surface area contributed by atoms with Crippen LogP contribution in [0.3, 0.4) is 0 Å². The third-order valence-corrected chi connectivity index (χ3v) is 2.57. The molecular formula is C12H17ClN2O. The van der Waals surface area contributed by atoms with Gasteiger partial charge in [0.25, 0.3) is 5.91 Å². The molecule has 0 saturated carbocycles. The molecule has 4 heteroatoms. The molecule has 1 aromatic rings. The molecule has 2 N–H and O–H groups in total. The average molecular weight is 241 g/mol. The monoisotopic (exact) mass is 240 g/mol. The van der Waals surface area contributed by atoms with Gasteiger partial charge in [0.15, 0.2) is 0 Å². The van der Waals surface area contributed by atoms with Gasteiger partial charge in [0.05, 0.1) is 10.6 Å². The smallest absolute Gasteiger partial charge is 0.252 e. The highest BCUT2D eigenvalue weighted by Gasteiger charge is 2.09. The molecule has 1 aromatic carbocycles. The predicted octanol–water partition coefficient (Wildman–Crippen LogP) is 2.07. The van der Waals surface area contributed by atoms with Crippen LogP contribution in [0.15, 0.2) is 24.3 Å². The first-order chi connectivity index (χ1) is 7.65. The predicted molar refractivity (Wildman–Crippen MR) is 66.9 cm³/mol. The summed E-state index contributed by atoms with van der Waals surface area (Å²) in [4.78, 5) is 11.8. The van der Waals surface area contributed by atoms with Crippen molar-refractivity contribution >= 4 is 17.5 Å². The zero-order chi connectivity index (χ0) is 12.0. The molecule has 1 amide bonds. The van der Waals surface area contributed by atoms with Gasteiger partial charge in [0.2, 0.25) is 0 Å². The lowest BCUT2D eigenvalue weighted by atomic mass is 10.2. The molecule has 1 atom stereocenters. The first-order valence-electron chi connectivity index (χ1n) is 5.41. The molecule has 0 aliphatic heterocycles. The van der Waals surface area contributed by atoms with E-state index in [1.54, 1.807) is 24.3 Å². The van der Waals surface area contributed by atoms with Crippen LogP contribution in [0.25, 0.3) is 0 Å². The SMILES string of the molecule is CCN[C@H](C)CNC(=O)c1ccccc1Cl. The normalized spacial score (nSPS) is 12.2. The van der Waals surface area contributed by atoms with Crippen molar-refractivity contribution in [3.8, 4) is 0 Å². The Morgan fingerprint density at radius 2 is 2.12 bits per heavy atom. The van der Waals surface area contributed by atoms with Gasteiger partial charge in [-0.05, 0) is 25.6 Å². The fourth-order valence-electron chi connectivity index (χ4n) is 1.41. The van der Waals surface area contributed by atoms with Crippen molar-refractivity contribution in [2.75, 3.05) is 13.1 Å². The van der Waals surface area contributed by atoms with E-state index >= 15 is 0 Å². The quantitative estimate of drug-likeness (QED) is 0.827. The number of likely N-dealkylation sites (N-methyl/N-ethyl adjacent to an activating group) is 1. The summed E-state index contributed by atoms with van der Waals surface area (Å²) in [5.41, 5.74) is 0.521. The van der Waals surface area contributed by atoms with Gasteiger partial charge in [-0.25, -0.2) is 0 Å². The fraction of sp³-hybridized carbons (Fsp3) is 0.417. The number of rotatable bonds is 5. The second kappa shape index (κ2) is 6.51. The van der Waals surface area contributed by atoms with Crippen molar-refractivity contribution in [2.24, 2.45) is 0 Å². The summed E-state index contributed by atoms with van der Waals surface area (Å²) in [6.45, 7) is 5.55. The van der Waals surface area contributed by atoms with Crippen molar-refractivity contribution in [1.29, 1.82) is 0 Å². The lowest BCUT2D eigenvalue weighted by Crippen LogP contribution is -2.38. The molecule has 0 aromatic heterocycles. The van der Waals surface area contributed by atoms with Crippen LogP contribution in [0, 0.1) is 0 Å². The Labute approximate surface area is 101 Å². The number of carbonyl (C=O) groups excluding carboxylic acids is 1. The highest BCUT2D eigenvalue weighted by molar-refractivity contribution is 6.33. The zero-order valence-electron chi connectivity index (χ0n) is 9.59. The Bertz CT molecular complexity index is 355. The molecule has 0 fully saturated rings. The van der Waals surface area contributed by atoms with Crippen molar-refractivity contribution < 1.29 is 4.79 Å². The molecule has 0 unspecified atom stereocenters. The molecule has 88 valence electrons. The molecule has 0 bridgehead atoms. The van der Waals surface area contributed by atoms with Crippen LogP contribution in [-0.2, 0) is 0 Å². The fourth-order valence-corrected chi connectivity index (χ4v) is 1.63. The third kappa shape index (κ3) is 3.83. The van der Waals surface area contributed by atoms with E-state index in [-0.39, 0.29) is 11.9 Å². The Morgan fingerprint density at radius 1 is 1.44 bits per heavy atom. The van der Waals surface area contributed by atoms with Gasteiger partial charge in [-0.3, -0.25) is 4.79 Å².